The first kappa shape index (κ1) is 12.9. The van der Waals surface area contributed by atoms with Crippen molar-refractivity contribution in [3.05, 3.63) is 50.0 Å². The van der Waals surface area contributed by atoms with Crippen LogP contribution in [0.25, 0.3) is 11.1 Å². The maximum Gasteiger partial charge on any atom is 0.152 e. The molecule has 2 N–H and O–H groups in total. The second-order valence-corrected chi connectivity index (χ2v) is 6.53. The summed E-state index contributed by atoms with van der Waals surface area (Å²) in [7, 11) is 0. The normalized spacial score (nSPS) is 13.1. The molecule has 98 valence electrons. The largest absolute Gasteiger partial charge is 0.457 e. The van der Waals surface area contributed by atoms with E-state index in [1.54, 1.807) is 6.07 Å². The summed E-state index contributed by atoms with van der Waals surface area (Å²) in [5.41, 5.74) is 9.39. The van der Waals surface area contributed by atoms with Gasteiger partial charge in [0.25, 0.3) is 0 Å². The van der Waals surface area contributed by atoms with E-state index in [0.29, 0.717) is 20.0 Å². The van der Waals surface area contributed by atoms with Crippen LogP contribution in [-0.4, -0.2) is 4.98 Å². The van der Waals surface area contributed by atoms with Crippen molar-refractivity contribution < 1.29 is 4.42 Å². The third kappa shape index (κ3) is 2.37. The lowest BCUT2D eigenvalue weighted by Gasteiger charge is -2.06. The molecule has 1 atom stereocenters. The van der Waals surface area contributed by atoms with Gasteiger partial charge in [0.15, 0.2) is 5.58 Å². The topological polar surface area (TPSA) is 52.0 Å². The SMILES string of the molecule is Cc1ccc2oc(C(N)c3cc(Cl)sc3Cl)cc2n1. The smallest absolute Gasteiger partial charge is 0.152 e. The van der Waals surface area contributed by atoms with Crippen LogP contribution in [0.4, 0.5) is 0 Å². The lowest BCUT2D eigenvalue weighted by atomic mass is 10.1. The third-order valence-corrected chi connectivity index (χ3v) is 4.37. The molecule has 19 heavy (non-hydrogen) atoms. The second kappa shape index (κ2) is 4.80. The Balaban J connectivity index is 2.06. The first-order chi connectivity index (χ1) is 9.04. The number of rotatable bonds is 2. The molecule has 0 bridgehead atoms. The van der Waals surface area contributed by atoms with Crippen molar-refractivity contribution >= 4 is 45.6 Å². The lowest BCUT2D eigenvalue weighted by molar-refractivity contribution is 0.525. The van der Waals surface area contributed by atoms with E-state index in [4.69, 9.17) is 33.4 Å². The van der Waals surface area contributed by atoms with Gasteiger partial charge in [0, 0.05) is 17.3 Å². The predicted molar refractivity (Wildman–Crippen MR) is 79.1 cm³/mol. The Morgan fingerprint density at radius 1 is 1.32 bits per heavy atom. The fourth-order valence-electron chi connectivity index (χ4n) is 1.92. The molecule has 3 aromatic rings. The molecule has 0 fully saturated rings. The van der Waals surface area contributed by atoms with Crippen molar-refractivity contribution in [2.24, 2.45) is 5.73 Å². The van der Waals surface area contributed by atoms with E-state index in [-0.39, 0.29) is 0 Å². The summed E-state index contributed by atoms with van der Waals surface area (Å²) in [6.07, 6.45) is 0. The van der Waals surface area contributed by atoms with Gasteiger partial charge in [0.05, 0.1) is 14.7 Å². The molecule has 3 heterocycles. The Morgan fingerprint density at radius 2 is 2.11 bits per heavy atom. The van der Waals surface area contributed by atoms with Crippen molar-refractivity contribution in [2.45, 2.75) is 13.0 Å². The summed E-state index contributed by atoms with van der Waals surface area (Å²) in [5, 5.41) is 0. The van der Waals surface area contributed by atoms with Gasteiger partial charge in [-0.3, -0.25) is 0 Å². The van der Waals surface area contributed by atoms with Gasteiger partial charge in [-0.2, -0.15) is 0 Å². The average Bonchev–Trinajstić information content (AvgIpc) is 2.91. The fourth-order valence-corrected chi connectivity index (χ4v) is 3.47. The zero-order chi connectivity index (χ0) is 13.6. The number of fused-ring (bicyclic) bond motifs is 1. The van der Waals surface area contributed by atoms with Gasteiger partial charge in [0.1, 0.15) is 11.3 Å². The highest BCUT2D eigenvalue weighted by Gasteiger charge is 2.19. The Hall–Kier alpha value is -1.07. The number of nitrogens with two attached hydrogens (primary N) is 1. The number of pyridine rings is 1. The van der Waals surface area contributed by atoms with Gasteiger partial charge in [-0.05, 0) is 25.1 Å². The molecule has 0 saturated carbocycles. The van der Waals surface area contributed by atoms with Gasteiger partial charge in [-0.15, -0.1) is 11.3 Å². The van der Waals surface area contributed by atoms with E-state index in [1.807, 2.05) is 25.1 Å². The Labute approximate surface area is 124 Å². The molecular weight excluding hydrogens is 303 g/mol. The summed E-state index contributed by atoms with van der Waals surface area (Å²) >= 11 is 13.3. The molecule has 3 rings (SSSR count). The number of furan rings is 1. The molecule has 0 radical (unpaired) electrons. The minimum Gasteiger partial charge on any atom is -0.457 e. The van der Waals surface area contributed by atoms with Crippen LogP contribution in [0.3, 0.4) is 0 Å². The summed E-state index contributed by atoms with van der Waals surface area (Å²) < 4.78 is 6.92. The van der Waals surface area contributed by atoms with Gasteiger partial charge in [0.2, 0.25) is 0 Å². The Morgan fingerprint density at radius 3 is 2.79 bits per heavy atom. The molecule has 3 nitrogen and oxygen atoms in total. The van der Waals surface area contributed by atoms with Crippen LogP contribution < -0.4 is 5.73 Å². The van der Waals surface area contributed by atoms with Crippen molar-refractivity contribution in [3.63, 3.8) is 0 Å². The van der Waals surface area contributed by atoms with Crippen LogP contribution in [0.2, 0.25) is 8.67 Å². The van der Waals surface area contributed by atoms with Gasteiger partial charge in [-0.25, -0.2) is 4.98 Å². The minimum atomic E-state index is -0.439. The molecule has 0 aliphatic heterocycles. The van der Waals surface area contributed by atoms with E-state index in [2.05, 4.69) is 4.98 Å². The highest BCUT2D eigenvalue weighted by atomic mass is 35.5. The highest BCUT2D eigenvalue weighted by molar-refractivity contribution is 7.20. The zero-order valence-electron chi connectivity index (χ0n) is 9.98. The third-order valence-electron chi connectivity index (χ3n) is 2.86. The van der Waals surface area contributed by atoms with E-state index in [0.717, 1.165) is 16.8 Å². The van der Waals surface area contributed by atoms with Crippen LogP contribution in [0.1, 0.15) is 23.1 Å². The van der Waals surface area contributed by atoms with Gasteiger partial charge in [-0.1, -0.05) is 23.2 Å². The van der Waals surface area contributed by atoms with Crippen LogP contribution in [-0.2, 0) is 0 Å². The van der Waals surface area contributed by atoms with Crippen molar-refractivity contribution in [1.29, 1.82) is 0 Å². The second-order valence-electron chi connectivity index (χ2n) is 4.24. The number of aromatic nitrogens is 1. The van der Waals surface area contributed by atoms with Crippen LogP contribution >= 0.6 is 34.5 Å². The number of aryl methyl sites for hydroxylation is 1. The van der Waals surface area contributed by atoms with Crippen molar-refractivity contribution in [3.8, 4) is 0 Å². The number of hydrogen-bond donors (Lipinski definition) is 1. The zero-order valence-corrected chi connectivity index (χ0v) is 12.3. The van der Waals surface area contributed by atoms with E-state index in [9.17, 15) is 0 Å². The van der Waals surface area contributed by atoms with Crippen LogP contribution in [0.15, 0.2) is 28.7 Å². The molecule has 0 aliphatic carbocycles. The first-order valence-electron chi connectivity index (χ1n) is 5.62. The average molecular weight is 313 g/mol. The molecule has 0 aromatic carbocycles. The van der Waals surface area contributed by atoms with Crippen LogP contribution in [0.5, 0.6) is 0 Å². The summed E-state index contributed by atoms with van der Waals surface area (Å²) in [4.78, 5) is 4.39. The quantitative estimate of drug-likeness (QED) is 0.755. The molecule has 3 aromatic heterocycles. The molecule has 1 unspecified atom stereocenters. The number of nitrogens with zero attached hydrogens (tertiary/aromatic N) is 1. The van der Waals surface area contributed by atoms with Gasteiger partial charge >= 0.3 is 0 Å². The van der Waals surface area contributed by atoms with Crippen LogP contribution in [0, 0.1) is 6.92 Å². The van der Waals surface area contributed by atoms with Crippen molar-refractivity contribution in [2.75, 3.05) is 0 Å². The van der Waals surface area contributed by atoms with E-state index < -0.39 is 6.04 Å². The summed E-state index contributed by atoms with van der Waals surface area (Å²) in [6.45, 7) is 1.93. The fraction of sp³-hybridized carbons (Fsp3) is 0.154. The number of hydrogen-bond acceptors (Lipinski definition) is 4. The first-order valence-corrected chi connectivity index (χ1v) is 7.19. The summed E-state index contributed by atoms with van der Waals surface area (Å²) in [5.74, 6) is 0.629. The maximum absolute atomic E-state index is 6.17. The summed E-state index contributed by atoms with van der Waals surface area (Å²) in [6, 6.07) is 6.96. The van der Waals surface area contributed by atoms with E-state index in [1.165, 1.54) is 11.3 Å². The molecule has 0 amide bonds. The molecule has 6 heteroatoms. The predicted octanol–water partition coefficient (Wildman–Crippen LogP) is 4.55. The highest BCUT2D eigenvalue weighted by Crippen LogP contribution is 2.37. The Bertz CT molecular complexity index is 750. The maximum atomic E-state index is 6.17. The van der Waals surface area contributed by atoms with E-state index >= 15 is 0 Å². The molecule has 0 spiro atoms. The molecule has 0 aliphatic rings. The number of thiophene rings is 1. The Kier molecular flexibility index (Phi) is 3.27. The van der Waals surface area contributed by atoms with Crippen molar-refractivity contribution in [1.82, 2.24) is 4.98 Å². The monoisotopic (exact) mass is 312 g/mol. The molecule has 0 saturated heterocycles. The molecular formula is C13H10Cl2N2OS. The van der Waals surface area contributed by atoms with Gasteiger partial charge < -0.3 is 10.2 Å². The lowest BCUT2D eigenvalue weighted by Crippen LogP contribution is -2.10. The number of halogens is 2. The minimum absolute atomic E-state index is 0.439. The standard InChI is InChI=1S/C13H10Cl2N2OS/c1-6-2-3-9-8(17-6)5-10(18-9)12(16)7-4-11(14)19-13(7)15/h2-5,12H,16H2,1H3.